The third-order valence-corrected chi connectivity index (χ3v) is 5.39. The molecule has 0 saturated carbocycles. The third kappa shape index (κ3) is 3.05. The Morgan fingerprint density at radius 3 is 2.88 bits per heavy atom. The minimum Gasteiger partial charge on any atom is -0.387 e. The molecule has 132 valence electrons. The molecule has 0 bridgehead atoms. The number of anilines is 1. The van der Waals surface area contributed by atoms with Gasteiger partial charge in [-0.05, 0) is 6.92 Å². The normalized spacial score (nSPS) is 31.0. The molecule has 3 heterocycles. The minimum atomic E-state index is -4.72. The monoisotopic (exact) mass is 377 g/mol. The van der Waals surface area contributed by atoms with Gasteiger partial charge < -0.3 is 30.5 Å². The van der Waals surface area contributed by atoms with E-state index >= 15 is 0 Å². The fourth-order valence-electron chi connectivity index (χ4n) is 2.63. The summed E-state index contributed by atoms with van der Waals surface area (Å²) in [7, 11) is -4.72. The predicted octanol–water partition coefficient (Wildman–Crippen LogP) is -0.0654. The molecule has 0 aliphatic carbocycles. The first-order valence-corrected chi connectivity index (χ1v) is 9.26. The first-order chi connectivity index (χ1) is 11.1. The highest BCUT2D eigenvalue weighted by molar-refractivity contribution is 7.46. The molecule has 1 saturated heterocycles. The second-order valence-electron chi connectivity index (χ2n) is 5.63. The van der Waals surface area contributed by atoms with E-state index in [0.29, 0.717) is 15.8 Å². The Morgan fingerprint density at radius 2 is 2.21 bits per heavy atom. The maximum Gasteiger partial charge on any atom is 0.469 e. The van der Waals surface area contributed by atoms with Gasteiger partial charge in [0.15, 0.2) is 0 Å². The summed E-state index contributed by atoms with van der Waals surface area (Å²) in [6.45, 7) is 0.800. The van der Waals surface area contributed by atoms with Crippen LogP contribution in [0.3, 0.4) is 0 Å². The highest BCUT2D eigenvalue weighted by Crippen LogP contribution is 2.47. The number of rotatable bonds is 4. The number of aliphatic hydroxyl groups excluding tert-OH is 1. The number of nitrogen functional groups attached to an aromatic ring is 1. The van der Waals surface area contributed by atoms with E-state index in [1.54, 1.807) is 5.38 Å². The number of hydrogen-bond donors (Lipinski definition) is 5. The molecule has 0 spiro atoms. The van der Waals surface area contributed by atoms with E-state index in [-0.39, 0.29) is 5.82 Å². The van der Waals surface area contributed by atoms with Gasteiger partial charge in [0.25, 0.3) is 0 Å². The molecule has 1 aliphatic heterocycles. The molecule has 0 amide bonds. The lowest BCUT2D eigenvalue weighted by Gasteiger charge is -2.26. The second kappa shape index (κ2) is 5.97. The lowest BCUT2D eigenvalue weighted by molar-refractivity contribution is -0.0630. The van der Waals surface area contributed by atoms with Gasteiger partial charge in [-0.2, -0.15) is 0 Å². The van der Waals surface area contributed by atoms with Crippen molar-refractivity contribution in [1.29, 1.82) is 0 Å². The first-order valence-electron chi connectivity index (χ1n) is 6.85. The van der Waals surface area contributed by atoms with Gasteiger partial charge in [-0.1, -0.05) is 0 Å². The smallest absolute Gasteiger partial charge is 0.387 e. The number of hydrogen-bond acceptors (Lipinski definition) is 9. The number of aromatic nitrogens is 2. The summed E-state index contributed by atoms with van der Waals surface area (Å²) in [5, 5.41) is 23.2. The maximum atomic E-state index is 10.8. The zero-order valence-electron chi connectivity index (χ0n) is 12.4. The number of phosphoric ester groups is 1. The van der Waals surface area contributed by atoms with Gasteiger partial charge in [-0.25, -0.2) is 14.5 Å². The highest BCUT2D eigenvalue weighted by Gasteiger charge is 2.54. The van der Waals surface area contributed by atoms with Gasteiger partial charge in [-0.3, -0.25) is 4.52 Å². The fourth-order valence-corrected chi connectivity index (χ4v) is 4.14. The van der Waals surface area contributed by atoms with Crippen molar-refractivity contribution >= 4 is 35.9 Å². The summed E-state index contributed by atoms with van der Waals surface area (Å²) in [5.41, 5.74) is 4.56. The van der Waals surface area contributed by atoms with Crippen molar-refractivity contribution in [2.75, 3.05) is 12.3 Å². The Balaban J connectivity index is 1.92. The Kier molecular flexibility index (Phi) is 4.39. The number of thiophene rings is 1. The maximum absolute atomic E-state index is 10.8. The molecule has 0 aromatic carbocycles. The van der Waals surface area contributed by atoms with Crippen molar-refractivity contribution in [3.05, 3.63) is 16.6 Å². The minimum absolute atomic E-state index is 0.280. The first kappa shape index (κ1) is 17.6. The largest absolute Gasteiger partial charge is 0.469 e. The average molecular weight is 377 g/mol. The van der Waals surface area contributed by atoms with E-state index in [4.69, 9.17) is 20.3 Å². The van der Waals surface area contributed by atoms with Crippen LogP contribution in [0.15, 0.2) is 11.7 Å². The lowest BCUT2D eigenvalue weighted by atomic mass is 9.92. The third-order valence-electron chi connectivity index (χ3n) is 3.89. The molecular weight excluding hydrogens is 361 g/mol. The topological polar surface area (TPSA) is 168 Å². The van der Waals surface area contributed by atoms with Crippen LogP contribution in [0.1, 0.15) is 17.9 Å². The molecule has 0 unspecified atom stereocenters. The molecule has 6 N–H and O–H groups in total. The SMILES string of the molecule is C[C@@]1(O)[C@H](O)[C@@H](COP(=O)(O)O)O[C@H]1c1scc2c(N)ncnc12. The summed E-state index contributed by atoms with van der Waals surface area (Å²) in [4.78, 5) is 26.1. The summed E-state index contributed by atoms with van der Waals surface area (Å²) >= 11 is 1.23. The molecule has 4 atom stereocenters. The molecule has 1 fully saturated rings. The van der Waals surface area contributed by atoms with Crippen molar-refractivity contribution < 1.29 is 33.8 Å². The van der Waals surface area contributed by atoms with E-state index in [2.05, 4.69) is 14.5 Å². The van der Waals surface area contributed by atoms with Crippen molar-refractivity contribution in [2.45, 2.75) is 30.8 Å². The van der Waals surface area contributed by atoms with Crippen LogP contribution in [0.2, 0.25) is 0 Å². The van der Waals surface area contributed by atoms with Crippen LogP contribution in [0.25, 0.3) is 10.9 Å². The van der Waals surface area contributed by atoms with Crippen molar-refractivity contribution in [1.82, 2.24) is 9.97 Å². The molecule has 2 aromatic heterocycles. The van der Waals surface area contributed by atoms with Crippen LogP contribution in [0.4, 0.5) is 5.82 Å². The standard InChI is InChI=1S/C12H16N3O7PS/c1-12(17)9(16)6(2-21-23(18,19)20)22-10(12)8-7-5(3-24-8)11(13)15-4-14-7/h3-4,6,9-10,16-17H,2H2,1H3,(H2,13,14,15)(H2,18,19,20)/t6-,9-,10+,12-/m1/s1. The van der Waals surface area contributed by atoms with E-state index in [0.717, 1.165) is 0 Å². The molecular formula is C12H16N3O7PS. The van der Waals surface area contributed by atoms with E-state index in [9.17, 15) is 14.8 Å². The molecule has 2 aromatic rings. The highest BCUT2D eigenvalue weighted by atomic mass is 32.1. The van der Waals surface area contributed by atoms with Crippen LogP contribution in [0, 0.1) is 0 Å². The number of fused-ring (bicyclic) bond motifs is 1. The number of nitrogens with zero attached hydrogens (tertiary/aromatic N) is 2. The number of nitrogens with two attached hydrogens (primary N) is 1. The lowest BCUT2D eigenvalue weighted by Crippen LogP contribution is -2.43. The number of aliphatic hydroxyl groups is 2. The van der Waals surface area contributed by atoms with E-state index in [1.165, 1.54) is 24.6 Å². The quantitative estimate of drug-likeness (QED) is 0.455. The van der Waals surface area contributed by atoms with Crippen molar-refractivity contribution in [3.63, 3.8) is 0 Å². The van der Waals surface area contributed by atoms with Crippen LogP contribution in [-0.4, -0.2) is 54.4 Å². The van der Waals surface area contributed by atoms with Crippen LogP contribution in [-0.2, 0) is 13.8 Å². The van der Waals surface area contributed by atoms with Crippen LogP contribution >= 0.6 is 19.2 Å². The summed E-state index contributed by atoms with van der Waals surface area (Å²) < 4.78 is 20.8. The van der Waals surface area contributed by atoms with Gasteiger partial charge in [0.1, 0.15) is 36.1 Å². The van der Waals surface area contributed by atoms with Gasteiger partial charge in [0, 0.05) is 5.38 Å². The number of ether oxygens (including phenoxy) is 1. The number of phosphoric acid groups is 1. The average Bonchev–Trinajstić information content (AvgIpc) is 2.99. The Labute approximate surface area is 140 Å². The Morgan fingerprint density at radius 1 is 1.50 bits per heavy atom. The van der Waals surface area contributed by atoms with E-state index < -0.39 is 38.3 Å². The summed E-state index contributed by atoms with van der Waals surface area (Å²) in [6.07, 6.45) is -2.21. The molecule has 24 heavy (non-hydrogen) atoms. The molecule has 1 aliphatic rings. The Bertz CT molecular complexity index is 807. The zero-order valence-corrected chi connectivity index (χ0v) is 14.1. The molecule has 12 heteroatoms. The Hall–Kier alpha value is -1.17. The van der Waals surface area contributed by atoms with Gasteiger partial charge >= 0.3 is 7.82 Å². The van der Waals surface area contributed by atoms with Gasteiger partial charge in [0.05, 0.1) is 22.4 Å². The molecule has 10 nitrogen and oxygen atoms in total. The van der Waals surface area contributed by atoms with Crippen molar-refractivity contribution in [3.8, 4) is 0 Å². The second-order valence-corrected chi connectivity index (χ2v) is 7.78. The van der Waals surface area contributed by atoms with Crippen LogP contribution in [0.5, 0.6) is 0 Å². The molecule has 3 rings (SSSR count). The van der Waals surface area contributed by atoms with Gasteiger partial charge in [0.2, 0.25) is 0 Å². The molecule has 0 radical (unpaired) electrons. The summed E-state index contributed by atoms with van der Waals surface area (Å²) in [6, 6.07) is 0. The van der Waals surface area contributed by atoms with E-state index in [1.807, 2.05) is 0 Å². The van der Waals surface area contributed by atoms with Gasteiger partial charge in [-0.15, -0.1) is 11.3 Å². The van der Waals surface area contributed by atoms with Crippen molar-refractivity contribution in [2.24, 2.45) is 0 Å². The zero-order chi connectivity index (χ0) is 17.7. The predicted molar refractivity (Wildman–Crippen MR) is 84.1 cm³/mol. The summed E-state index contributed by atoms with van der Waals surface area (Å²) in [5.74, 6) is 0.280. The fraction of sp³-hybridized carbons (Fsp3) is 0.500. The van der Waals surface area contributed by atoms with Crippen LogP contribution < -0.4 is 5.73 Å².